The van der Waals surface area contributed by atoms with E-state index in [0.29, 0.717) is 51.4 Å². The van der Waals surface area contributed by atoms with Crippen molar-refractivity contribution in [1.82, 2.24) is 24.9 Å². The molecule has 1 N–H and O–H groups in total. The number of morpholine rings is 1. The van der Waals surface area contributed by atoms with Crippen molar-refractivity contribution < 1.29 is 14.3 Å². The number of ether oxygens (including phenoxy) is 1. The molecule has 2 saturated heterocycles. The molecule has 160 valence electrons. The Morgan fingerprint density at radius 3 is 2.62 bits per heavy atom. The molecule has 0 spiro atoms. The minimum absolute atomic E-state index is 0.00712. The van der Waals surface area contributed by atoms with Crippen LogP contribution in [-0.4, -0.2) is 82.9 Å². The van der Waals surface area contributed by atoms with Gasteiger partial charge >= 0.3 is 0 Å². The highest BCUT2D eigenvalue weighted by Gasteiger charge is 2.38. The van der Waals surface area contributed by atoms with Crippen molar-refractivity contribution in [1.29, 1.82) is 0 Å². The van der Waals surface area contributed by atoms with Gasteiger partial charge in [0.1, 0.15) is 6.54 Å². The number of nitrogens with one attached hydrogen (secondary N) is 1. The van der Waals surface area contributed by atoms with Gasteiger partial charge in [0.2, 0.25) is 11.8 Å². The van der Waals surface area contributed by atoms with Crippen LogP contribution in [0.5, 0.6) is 0 Å². The Morgan fingerprint density at radius 2 is 1.93 bits per heavy atom. The summed E-state index contributed by atoms with van der Waals surface area (Å²) < 4.78 is 7.04. The second kappa shape index (κ2) is 9.26. The first kappa shape index (κ1) is 20.3. The lowest BCUT2D eigenvalue weighted by Crippen LogP contribution is -2.47. The van der Waals surface area contributed by atoms with Crippen molar-refractivity contribution in [2.75, 3.05) is 39.4 Å². The van der Waals surface area contributed by atoms with Crippen molar-refractivity contribution in [2.45, 2.75) is 57.7 Å². The third kappa shape index (κ3) is 5.57. The van der Waals surface area contributed by atoms with Crippen molar-refractivity contribution in [2.24, 2.45) is 5.92 Å². The summed E-state index contributed by atoms with van der Waals surface area (Å²) in [6, 6.07) is 2.51. The molecule has 8 nitrogen and oxygen atoms in total. The number of hydrogen-bond donors (Lipinski definition) is 1. The smallest absolute Gasteiger partial charge is 0.241 e. The van der Waals surface area contributed by atoms with Crippen molar-refractivity contribution in [3.63, 3.8) is 0 Å². The minimum Gasteiger partial charge on any atom is -0.378 e. The van der Waals surface area contributed by atoms with E-state index in [9.17, 15) is 9.59 Å². The summed E-state index contributed by atoms with van der Waals surface area (Å²) >= 11 is 0. The van der Waals surface area contributed by atoms with Crippen LogP contribution < -0.4 is 5.32 Å². The second-order valence-electron chi connectivity index (χ2n) is 8.68. The molecule has 2 amide bonds. The third-order valence-corrected chi connectivity index (χ3v) is 6.33. The second-order valence-corrected chi connectivity index (χ2v) is 8.68. The Labute approximate surface area is 172 Å². The SMILES string of the molecule is Cc1ccn(CC(=O)NC[C@@H]2CC[C@H](CC(=O)N3CCOCC3)N2CC2CC2)n1. The average Bonchev–Trinajstić information content (AvgIpc) is 3.34. The number of likely N-dealkylation sites (tertiary alicyclic amines) is 1. The molecule has 1 aromatic rings. The molecule has 0 unspecified atom stereocenters. The minimum atomic E-state index is -0.00712. The summed E-state index contributed by atoms with van der Waals surface area (Å²) in [6.45, 7) is 6.58. The highest BCUT2D eigenvalue weighted by Crippen LogP contribution is 2.35. The number of hydrogen-bond acceptors (Lipinski definition) is 5. The van der Waals surface area contributed by atoms with Gasteiger partial charge in [0.15, 0.2) is 0 Å². The summed E-state index contributed by atoms with van der Waals surface area (Å²) in [5, 5.41) is 7.37. The quantitative estimate of drug-likeness (QED) is 0.695. The van der Waals surface area contributed by atoms with Gasteiger partial charge in [0.25, 0.3) is 0 Å². The first-order valence-electron chi connectivity index (χ1n) is 11.0. The van der Waals surface area contributed by atoms with Crippen LogP contribution in [0.1, 0.15) is 37.8 Å². The maximum absolute atomic E-state index is 12.7. The molecule has 1 aromatic heterocycles. The Bertz CT molecular complexity index is 711. The van der Waals surface area contributed by atoms with Gasteiger partial charge in [-0.25, -0.2) is 0 Å². The molecular weight excluding hydrogens is 370 g/mol. The van der Waals surface area contributed by atoms with Gasteiger partial charge < -0.3 is 15.0 Å². The molecule has 0 radical (unpaired) electrons. The Balaban J connectivity index is 1.29. The summed E-state index contributed by atoms with van der Waals surface area (Å²) in [4.78, 5) is 29.5. The number of aryl methyl sites for hydroxylation is 1. The number of carbonyl (C=O) groups is 2. The molecule has 4 rings (SSSR count). The lowest BCUT2D eigenvalue weighted by Gasteiger charge is -2.33. The predicted octanol–water partition coefficient (Wildman–Crippen LogP) is 0.800. The van der Waals surface area contributed by atoms with Crippen LogP contribution in [0.3, 0.4) is 0 Å². The van der Waals surface area contributed by atoms with Crippen LogP contribution in [0, 0.1) is 12.8 Å². The molecule has 0 aromatic carbocycles. The van der Waals surface area contributed by atoms with Gasteiger partial charge in [0.05, 0.1) is 18.9 Å². The van der Waals surface area contributed by atoms with Crippen LogP contribution in [0.15, 0.2) is 12.3 Å². The molecule has 0 bridgehead atoms. The molecule has 2 aliphatic heterocycles. The number of aromatic nitrogens is 2. The maximum atomic E-state index is 12.7. The Hall–Kier alpha value is -1.93. The van der Waals surface area contributed by atoms with E-state index < -0.39 is 0 Å². The lowest BCUT2D eigenvalue weighted by molar-refractivity contribution is -0.136. The summed E-state index contributed by atoms with van der Waals surface area (Å²) in [7, 11) is 0. The highest BCUT2D eigenvalue weighted by molar-refractivity contribution is 5.77. The number of rotatable bonds is 8. The molecule has 3 heterocycles. The molecule has 8 heteroatoms. The van der Waals surface area contributed by atoms with Crippen LogP contribution in [0.25, 0.3) is 0 Å². The van der Waals surface area contributed by atoms with E-state index in [1.54, 1.807) is 4.68 Å². The van der Waals surface area contributed by atoms with Gasteiger partial charge in [0, 0.05) is 50.9 Å². The molecule has 2 atom stereocenters. The number of nitrogens with zero attached hydrogens (tertiary/aromatic N) is 4. The largest absolute Gasteiger partial charge is 0.378 e. The summed E-state index contributed by atoms with van der Waals surface area (Å²) in [5.41, 5.74) is 0.914. The fourth-order valence-corrected chi connectivity index (χ4v) is 4.48. The van der Waals surface area contributed by atoms with E-state index in [1.165, 1.54) is 12.8 Å². The Kier molecular flexibility index (Phi) is 6.50. The summed E-state index contributed by atoms with van der Waals surface area (Å²) in [5.74, 6) is 1.00. The van der Waals surface area contributed by atoms with Gasteiger partial charge in [-0.1, -0.05) is 0 Å². The molecule has 3 fully saturated rings. The number of carbonyl (C=O) groups excluding carboxylic acids is 2. The van der Waals surface area contributed by atoms with E-state index >= 15 is 0 Å². The van der Waals surface area contributed by atoms with E-state index in [4.69, 9.17) is 4.74 Å². The molecule has 3 aliphatic rings. The third-order valence-electron chi connectivity index (χ3n) is 6.33. The Morgan fingerprint density at radius 1 is 1.17 bits per heavy atom. The highest BCUT2D eigenvalue weighted by atomic mass is 16.5. The topological polar surface area (TPSA) is 79.7 Å². The fraction of sp³-hybridized carbons (Fsp3) is 0.762. The summed E-state index contributed by atoms with van der Waals surface area (Å²) in [6.07, 6.45) is 7.06. The zero-order valence-electron chi connectivity index (χ0n) is 17.4. The normalized spacial score (nSPS) is 25.3. The monoisotopic (exact) mass is 403 g/mol. The van der Waals surface area contributed by atoms with Crippen LogP contribution >= 0.6 is 0 Å². The van der Waals surface area contributed by atoms with Crippen molar-refractivity contribution in [3.05, 3.63) is 18.0 Å². The van der Waals surface area contributed by atoms with E-state index in [-0.39, 0.29) is 18.4 Å². The number of amides is 2. The van der Waals surface area contributed by atoms with Gasteiger partial charge in [-0.3, -0.25) is 19.2 Å². The first-order valence-corrected chi connectivity index (χ1v) is 11.0. The zero-order chi connectivity index (χ0) is 20.2. The average molecular weight is 404 g/mol. The molecular formula is C21H33N5O3. The van der Waals surface area contributed by atoms with E-state index in [2.05, 4.69) is 15.3 Å². The van der Waals surface area contributed by atoms with Crippen molar-refractivity contribution in [3.8, 4) is 0 Å². The molecule has 29 heavy (non-hydrogen) atoms. The molecule has 1 aliphatic carbocycles. The van der Waals surface area contributed by atoms with Gasteiger partial charge in [-0.05, 0) is 44.6 Å². The lowest BCUT2D eigenvalue weighted by atomic mass is 10.1. The fourth-order valence-electron chi connectivity index (χ4n) is 4.48. The van der Waals surface area contributed by atoms with Crippen molar-refractivity contribution >= 4 is 11.8 Å². The zero-order valence-corrected chi connectivity index (χ0v) is 17.4. The van der Waals surface area contributed by atoms with E-state index in [1.807, 2.05) is 24.1 Å². The van der Waals surface area contributed by atoms with E-state index in [0.717, 1.165) is 31.0 Å². The molecule has 1 saturated carbocycles. The van der Waals surface area contributed by atoms with Crippen LogP contribution in [-0.2, 0) is 20.9 Å². The van der Waals surface area contributed by atoms with Gasteiger partial charge in [-0.2, -0.15) is 5.10 Å². The van der Waals surface area contributed by atoms with Gasteiger partial charge in [-0.15, -0.1) is 0 Å². The standard InChI is InChI=1S/C21H33N5O3/c1-16-6-7-25(23-16)15-20(27)22-13-19-5-4-18(26(19)14-17-2-3-17)12-21(28)24-8-10-29-11-9-24/h6-7,17-19H,2-5,8-15H2,1H3,(H,22,27)/t18-,19+/m1/s1. The van der Waals surface area contributed by atoms with Crippen LogP contribution in [0.4, 0.5) is 0 Å². The van der Waals surface area contributed by atoms with Crippen LogP contribution in [0.2, 0.25) is 0 Å². The maximum Gasteiger partial charge on any atom is 0.241 e. The first-order chi connectivity index (χ1) is 14.1. The predicted molar refractivity (Wildman–Crippen MR) is 108 cm³/mol.